The van der Waals surface area contributed by atoms with Crippen molar-refractivity contribution in [3.8, 4) is 0 Å². The van der Waals surface area contributed by atoms with Gasteiger partial charge in [-0.05, 0) is 0 Å². The van der Waals surface area contributed by atoms with E-state index in [2.05, 4.69) is 0 Å². The van der Waals surface area contributed by atoms with Crippen LogP contribution in [0, 0.1) is 5.92 Å². The maximum Gasteiger partial charge on any atom is 0.160 e. The molecule has 1 aliphatic rings. The maximum atomic E-state index is 9.32. The third-order valence-corrected chi connectivity index (χ3v) is 2.21. The summed E-state index contributed by atoms with van der Waals surface area (Å²) in [6.07, 6.45) is -4.20. The Morgan fingerprint density at radius 1 is 1.17 bits per heavy atom. The van der Waals surface area contributed by atoms with Crippen molar-refractivity contribution < 1.29 is 25.2 Å². The second kappa shape index (κ2) is 3.68. The second-order valence-electron chi connectivity index (χ2n) is 3.09. The van der Waals surface area contributed by atoms with Gasteiger partial charge >= 0.3 is 0 Å². The molecule has 1 heterocycles. The van der Waals surface area contributed by atoms with Crippen LogP contribution in [0.15, 0.2) is 0 Å². The normalized spacial score (nSPS) is 49.2. The van der Waals surface area contributed by atoms with Gasteiger partial charge in [0.25, 0.3) is 0 Å². The van der Waals surface area contributed by atoms with Gasteiger partial charge in [0.05, 0.1) is 12.7 Å². The summed E-state index contributed by atoms with van der Waals surface area (Å²) in [5.41, 5.74) is 0. The molecule has 0 aromatic carbocycles. The molecule has 0 aliphatic carbocycles. The lowest BCUT2D eigenvalue weighted by molar-refractivity contribution is -0.266. The second-order valence-corrected chi connectivity index (χ2v) is 3.09. The minimum absolute atomic E-state index is 0.415. The number of ether oxygens (including phenoxy) is 1. The van der Waals surface area contributed by atoms with Crippen LogP contribution < -0.4 is 0 Å². The summed E-state index contributed by atoms with van der Waals surface area (Å²) in [6, 6.07) is 0. The van der Waals surface area contributed by atoms with Crippen molar-refractivity contribution in [3.05, 3.63) is 0 Å². The molecule has 5 heteroatoms. The summed E-state index contributed by atoms with van der Waals surface area (Å²) in [5.74, 6) is -0.539. The lowest BCUT2D eigenvalue weighted by Crippen LogP contribution is -2.54. The van der Waals surface area contributed by atoms with Gasteiger partial charge in [0.1, 0.15) is 12.2 Å². The van der Waals surface area contributed by atoms with Crippen molar-refractivity contribution in [1.82, 2.24) is 0 Å². The minimum atomic E-state index is -1.13. The summed E-state index contributed by atoms with van der Waals surface area (Å²) in [4.78, 5) is 0. The Morgan fingerprint density at radius 3 is 2.25 bits per heavy atom. The number of hydrogen-bond donors (Lipinski definition) is 4. The zero-order chi connectivity index (χ0) is 9.30. The average molecular weight is 178 g/mol. The van der Waals surface area contributed by atoms with Gasteiger partial charge in [-0.2, -0.15) is 0 Å². The first-order valence-corrected chi connectivity index (χ1v) is 3.88. The van der Waals surface area contributed by atoms with Crippen LogP contribution in [-0.2, 0) is 4.74 Å². The Hall–Kier alpha value is -0.200. The van der Waals surface area contributed by atoms with E-state index in [1.807, 2.05) is 0 Å². The Bertz CT molecular complexity index is 146. The van der Waals surface area contributed by atoms with Gasteiger partial charge in [-0.15, -0.1) is 0 Å². The molecule has 0 aromatic heterocycles. The maximum absolute atomic E-state index is 9.32. The van der Waals surface area contributed by atoms with E-state index in [9.17, 15) is 10.2 Å². The Kier molecular flexibility index (Phi) is 3.03. The molecule has 0 aromatic rings. The monoisotopic (exact) mass is 178 g/mol. The summed E-state index contributed by atoms with van der Waals surface area (Å²) in [5, 5.41) is 36.4. The topological polar surface area (TPSA) is 90.2 Å². The SMILES string of the molecule is C[C@@H]1C(O)OC(CO)C(O)[C@@H]1O. The van der Waals surface area contributed by atoms with E-state index in [4.69, 9.17) is 14.9 Å². The van der Waals surface area contributed by atoms with Crippen LogP contribution >= 0.6 is 0 Å². The average Bonchev–Trinajstić information content (AvgIpc) is 2.08. The number of aliphatic hydroxyl groups is 4. The van der Waals surface area contributed by atoms with Gasteiger partial charge in [-0.25, -0.2) is 0 Å². The first kappa shape index (κ1) is 9.88. The summed E-state index contributed by atoms with van der Waals surface area (Å²) >= 11 is 0. The van der Waals surface area contributed by atoms with Gasteiger partial charge in [0.15, 0.2) is 6.29 Å². The first-order valence-electron chi connectivity index (χ1n) is 3.88. The van der Waals surface area contributed by atoms with E-state index in [0.717, 1.165) is 0 Å². The highest BCUT2D eigenvalue weighted by atomic mass is 16.6. The Labute approximate surface area is 70.2 Å². The van der Waals surface area contributed by atoms with Crippen LogP contribution in [0.3, 0.4) is 0 Å². The molecule has 1 rings (SSSR count). The Morgan fingerprint density at radius 2 is 1.75 bits per heavy atom. The van der Waals surface area contributed by atoms with Crippen molar-refractivity contribution in [1.29, 1.82) is 0 Å². The van der Waals surface area contributed by atoms with Crippen LogP contribution in [0.5, 0.6) is 0 Å². The van der Waals surface area contributed by atoms with Gasteiger partial charge in [0, 0.05) is 5.92 Å². The number of aliphatic hydroxyl groups excluding tert-OH is 4. The summed E-state index contributed by atoms with van der Waals surface area (Å²) in [6.45, 7) is 1.15. The van der Waals surface area contributed by atoms with Gasteiger partial charge in [-0.3, -0.25) is 0 Å². The highest BCUT2D eigenvalue weighted by Crippen LogP contribution is 2.23. The van der Waals surface area contributed by atoms with E-state index in [1.165, 1.54) is 0 Å². The quantitative estimate of drug-likeness (QED) is 0.375. The fourth-order valence-corrected chi connectivity index (χ4v) is 1.23. The number of hydrogen-bond acceptors (Lipinski definition) is 5. The van der Waals surface area contributed by atoms with Crippen LogP contribution in [0.4, 0.5) is 0 Å². The molecule has 0 amide bonds. The number of rotatable bonds is 1. The molecule has 1 fully saturated rings. The largest absolute Gasteiger partial charge is 0.394 e. The first-order chi connectivity index (χ1) is 5.57. The smallest absolute Gasteiger partial charge is 0.160 e. The highest BCUT2D eigenvalue weighted by Gasteiger charge is 2.40. The van der Waals surface area contributed by atoms with Crippen LogP contribution in [0.25, 0.3) is 0 Å². The van der Waals surface area contributed by atoms with Crippen molar-refractivity contribution >= 4 is 0 Å². The van der Waals surface area contributed by atoms with Gasteiger partial charge in [-0.1, -0.05) is 6.92 Å². The Balaban J connectivity index is 2.63. The van der Waals surface area contributed by atoms with E-state index >= 15 is 0 Å². The zero-order valence-electron chi connectivity index (χ0n) is 6.79. The van der Waals surface area contributed by atoms with E-state index in [1.54, 1.807) is 6.92 Å². The zero-order valence-corrected chi connectivity index (χ0v) is 6.79. The molecule has 5 nitrogen and oxygen atoms in total. The molecule has 0 spiro atoms. The summed E-state index contributed by atoms with van der Waals surface area (Å²) < 4.78 is 4.83. The molecule has 1 aliphatic heterocycles. The molecule has 0 bridgehead atoms. The molecule has 12 heavy (non-hydrogen) atoms. The molecule has 5 atom stereocenters. The van der Waals surface area contributed by atoms with Crippen LogP contribution in [0.2, 0.25) is 0 Å². The van der Waals surface area contributed by atoms with Gasteiger partial charge in [0.2, 0.25) is 0 Å². The third-order valence-electron chi connectivity index (χ3n) is 2.21. The summed E-state index contributed by atoms with van der Waals surface area (Å²) in [7, 11) is 0. The van der Waals surface area contributed by atoms with Crippen molar-refractivity contribution in [3.63, 3.8) is 0 Å². The molecule has 72 valence electrons. The molecule has 0 saturated carbocycles. The molecule has 3 unspecified atom stereocenters. The lowest BCUT2D eigenvalue weighted by atomic mass is 9.93. The van der Waals surface area contributed by atoms with E-state index in [0.29, 0.717) is 0 Å². The predicted octanol–water partition coefficient (Wildman–Crippen LogP) is -1.95. The van der Waals surface area contributed by atoms with Crippen molar-refractivity contribution in [2.75, 3.05) is 6.61 Å². The fraction of sp³-hybridized carbons (Fsp3) is 1.00. The molecule has 1 saturated heterocycles. The highest BCUT2D eigenvalue weighted by molar-refractivity contribution is 4.86. The van der Waals surface area contributed by atoms with Crippen molar-refractivity contribution in [2.45, 2.75) is 31.5 Å². The molecule has 4 N–H and O–H groups in total. The predicted molar refractivity (Wildman–Crippen MR) is 39.1 cm³/mol. The van der Waals surface area contributed by atoms with Crippen LogP contribution in [0.1, 0.15) is 6.92 Å². The third kappa shape index (κ3) is 1.60. The molecule has 0 radical (unpaired) electrons. The minimum Gasteiger partial charge on any atom is -0.394 e. The standard InChI is InChI=1S/C7H14O5/c1-3-5(9)6(10)4(2-8)12-7(3)11/h3-11H,2H2,1H3/t3-,4?,5+,6?,7?/m0/s1. The lowest BCUT2D eigenvalue weighted by Gasteiger charge is -2.38. The fourth-order valence-electron chi connectivity index (χ4n) is 1.23. The molecular weight excluding hydrogens is 164 g/mol. The van der Waals surface area contributed by atoms with Crippen molar-refractivity contribution in [2.24, 2.45) is 5.92 Å². The molecular formula is C7H14O5. The van der Waals surface area contributed by atoms with Crippen LogP contribution in [-0.4, -0.2) is 51.6 Å². The van der Waals surface area contributed by atoms with Gasteiger partial charge < -0.3 is 25.2 Å². The van der Waals surface area contributed by atoms with E-state index < -0.39 is 37.1 Å². The van der Waals surface area contributed by atoms with E-state index in [-0.39, 0.29) is 0 Å².